The van der Waals surface area contributed by atoms with E-state index in [-0.39, 0.29) is 0 Å². The number of benzene rings is 3. The summed E-state index contributed by atoms with van der Waals surface area (Å²) in [6, 6.07) is 24.0. The predicted octanol–water partition coefficient (Wildman–Crippen LogP) is 4.79. The van der Waals surface area contributed by atoms with Gasteiger partial charge in [-0.25, -0.2) is 10.3 Å². The molecule has 26 heavy (non-hydrogen) atoms. The van der Waals surface area contributed by atoms with Crippen LogP contribution in [0.15, 0.2) is 95.2 Å². The van der Waals surface area contributed by atoms with E-state index in [2.05, 4.69) is 15.7 Å². The van der Waals surface area contributed by atoms with E-state index in [1.807, 2.05) is 12.1 Å². The Labute approximate surface area is 150 Å². The van der Waals surface area contributed by atoms with Gasteiger partial charge in [-0.15, -0.1) is 10.2 Å². The van der Waals surface area contributed by atoms with E-state index < -0.39 is 11.9 Å². The van der Waals surface area contributed by atoms with E-state index in [0.717, 1.165) is 0 Å². The van der Waals surface area contributed by atoms with Gasteiger partial charge in [-0.2, -0.15) is 0 Å². The summed E-state index contributed by atoms with van der Waals surface area (Å²) < 4.78 is 0. The summed E-state index contributed by atoms with van der Waals surface area (Å²) in [5, 5.41) is 7.59. The van der Waals surface area contributed by atoms with Crippen LogP contribution in [-0.2, 0) is 4.84 Å². The molecule has 0 bridgehead atoms. The SMILES string of the molecule is O=C(N=Nc1ccc(NOC(=O)c2ccccc2)cc1)c1ccccc1. The zero-order valence-corrected chi connectivity index (χ0v) is 13.7. The lowest BCUT2D eigenvalue weighted by Gasteiger charge is -2.06. The lowest BCUT2D eigenvalue weighted by atomic mass is 10.2. The maximum atomic E-state index is 11.9. The summed E-state index contributed by atoms with van der Waals surface area (Å²) in [4.78, 5) is 28.7. The Morgan fingerprint density at radius 1 is 0.731 bits per heavy atom. The van der Waals surface area contributed by atoms with E-state index in [9.17, 15) is 9.59 Å². The molecule has 0 saturated heterocycles. The lowest BCUT2D eigenvalue weighted by molar-refractivity contribution is 0.0596. The second-order valence-corrected chi connectivity index (χ2v) is 5.28. The molecule has 0 aromatic heterocycles. The van der Waals surface area contributed by atoms with E-state index in [1.54, 1.807) is 72.8 Å². The topological polar surface area (TPSA) is 80.1 Å². The molecular weight excluding hydrogens is 330 g/mol. The molecule has 0 aliphatic carbocycles. The van der Waals surface area contributed by atoms with Crippen molar-refractivity contribution in [1.82, 2.24) is 0 Å². The van der Waals surface area contributed by atoms with Crippen molar-refractivity contribution in [3.8, 4) is 0 Å². The van der Waals surface area contributed by atoms with Gasteiger partial charge in [0.15, 0.2) is 0 Å². The first-order chi connectivity index (χ1) is 12.7. The number of anilines is 1. The molecule has 6 nitrogen and oxygen atoms in total. The highest BCUT2D eigenvalue weighted by atomic mass is 16.7. The van der Waals surface area contributed by atoms with Crippen LogP contribution >= 0.6 is 0 Å². The van der Waals surface area contributed by atoms with Gasteiger partial charge in [-0.05, 0) is 48.5 Å². The Morgan fingerprint density at radius 2 is 1.31 bits per heavy atom. The zero-order chi connectivity index (χ0) is 18.2. The zero-order valence-electron chi connectivity index (χ0n) is 13.7. The number of nitrogens with zero attached hydrogens (tertiary/aromatic N) is 2. The van der Waals surface area contributed by atoms with Crippen LogP contribution in [0.3, 0.4) is 0 Å². The molecule has 0 unspecified atom stereocenters. The van der Waals surface area contributed by atoms with Crippen LogP contribution in [-0.4, -0.2) is 11.9 Å². The van der Waals surface area contributed by atoms with E-state index in [1.165, 1.54) is 0 Å². The first kappa shape index (κ1) is 17.0. The summed E-state index contributed by atoms with van der Waals surface area (Å²) in [7, 11) is 0. The van der Waals surface area contributed by atoms with Gasteiger partial charge in [0.2, 0.25) is 0 Å². The minimum absolute atomic E-state index is 0.412. The molecule has 0 fully saturated rings. The second kappa shape index (κ2) is 8.34. The number of amides is 1. The fourth-order valence-electron chi connectivity index (χ4n) is 2.08. The van der Waals surface area contributed by atoms with Crippen LogP contribution in [0.25, 0.3) is 0 Å². The van der Waals surface area contributed by atoms with Gasteiger partial charge in [0, 0.05) is 5.56 Å². The molecule has 0 saturated carbocycles. The number of nitrogens with one attached hydrogen (secondary N) is 1. The highest BCUT2D eigenvalue weighted by Gasteiger charge is 2.06. The van der Waals surface area contributed by atoms with Gasteiger partial charge in [0.1, 0.15) is 0 Å². The Hall–Kier alpha value is -3.80. The van der Waals surface area contributed by atoms with E-state index >= 15 is 0 Å². The fraction of sp³-hybridized carbons (Fsp3) is 0. The molecule has 1 N–H and O–H groups in total. The minimum Gasteiger partial charge on any atom is -0.338 e. The Balaban J connectivity index is 1.56. The Bertz CT molecular complexity index is 908. The summed E-state index contributed by atoms with van der Waals surface area (Å²) in [5.41, 5.74) is 4.58. The molecule has 0 aliphatic heterocycles. The van der Waals surface area contributed by atoms with Crippen LogP contribution in [0, 0.1) is 0 Å². The highest BCUT2D eigenvalue weighted by molar-refractivity contribution is 5.94. The molecule has 0 aliphatic rings. The Morgan fingerprint density at radius 3 is 1.92 bits per heavy atom. The first-order valence-electron chi connectivity index (χ1n) is 7.86. The first-order valence-corrected chi connectivity index (χ1v) is 7.86. The average Bonchev–Trinajstić information content (AvgIpc) is 2.72. The van der Waals surface area contributed by atoms with Crippen molar-refractivity contribution < 1.29 is 14.4 Å². The molecule has 0 spiro atoms. The number of hydrogen-bond donors (Lipinski definition) is 1. The predicted molar refractivity (Wildman–Crippen MR) is 97.2 cm³/mol. The van der Waals surface area contributed by atoms with E-state index in [4.69, 9.17) is 4.84 Å². The van der Waals surface area contributed by atoms with Crippen LogP contribution in [0.5, 0.6) is 0 Å². The van der Waals surface area contributed by atoms with Gasteiger partial charge in [0.25, 0.3) is 5.91 Å². The molecule has 0 radical (unpaired) electrons. The van der Waals surface area contributed by atoms with Crippen LogP contribution in [0.2, 0.25) is 0 Å². The maximum absolute atomic E-state index is 11.9. The van der Waals surface area contributed by atoms with Crippen molar-refractivity contribution in [2.75, 3.05) is 5.48 Å². The normalized spacial score (nSPS) is 10.5. The number of azo groups is 1. The summed E-state index contributed by atoms with van der Waals surface area (Å²) in [5.74, 6) is -0.896. The van der Waals surface area contributed by atoms with Gasteiger partial charge in [0.05, 0.1) is 16.9 Å². The molecule has 1 amide bonds. The quantitative estimate of drug-likeness (QED) is 0.532. The van der Waals surface area contributed by atoms with Gasteiger partial charge in [-0.1, -0.05) is 36.4 Å². The van der Waals surface area contributed by atoms with E-state index in [0.29, 0.717) is 22.5 Å². The van der Waals surface area contributed by atoms with Crippen molar-refractivity contribution in [2.24, 2.45) is 10.2 Å². The second-order valence-electron chi connectivity index (χ2n) is 5.28. The highest BCUT2D eigenvalue weighted by Crippen LogP contribution is 2.17. The molecule has 0 heterocycles. The monoisotopic (exact) mass is 345 g/mol. The minimum atomic E-state index is -0.483. The average molecular weight is 345 g/mol. The molecule has 128 valence electrons. The van der Waals surface area contributed by atoms with Gasteiger partial charge >= 0.3 is 5.97 Å². The maximum Gasteiger partial charge on any atom is 0.362 e. The van der Waals surface area contributed by atoms with Crippen molar-refractivity contribution in [3.63, 3.8) is 0 Å². The molecular formula is C20H15N3O3. The van der Waals surface area contributed by atoms with Crippen LogP contribution in [0.1, 0.15) is 20.7 Å². The fourth-order valence-corrected chi connectivity index (χ4v) is 2.08. The summed E-state index contributed by atoms with van der Waals surface area (Å²) >= 11 is 0. The number of rotatable bonds is 5. The molecule has 3 aromatic carbocycles. The standard InChI is InChI=1S/C20H15N3O3/c24-19(15-7-3-1-4-8-15)22-21-17-11-13-18(14-12-17)23-26-20(25)16-9-5-2-6-10-16/h1-14,23H. The third-order valence-corrected chi connectivity index (χ3v) is 3.42. The van der Waals surface area contributed by atoms with Crippen molar-refractivity contribution in [3.05, 3.63) is 96.1 Å². The van der Waals surface area contributed by atoms with Gasteiger partial charge in [-0.3, -0.25) is 4.79 Å². The lowest BCUT2D eigenvalue weighted by Crippen LogP contribution is -2.10. The smallest absolute Gasteiger partial charge is 0.338 e. The molecule has 3 aromatic rings. The molecule has 6 heteroatoms. The number of carbonyl (C=O) groups is 2. The van der Waals surface area contributed by atoms with Crippen LogP contribution in [0.4, 0.5) is 11.4 Å². The van der Waals surface area contributed by atoms with Crippen LogP contribution < -0.4 is 5.48 Å². The molecule has 0 atom stereocenters. The van der Waals surface area contributed by atoms with Crippen molar-refractivity contribution in [1.29, 1.82) is 0 Å². The van der Waals surface area contributed by atoms with Gasteiger partial charge < -0.3 is 4.84 Å². The number of carbonyl (C=O) groups excluding carboxylic acids is 2. The van der Waals surface area contributed by atoms with Crippen molar-refractivity contribution in [2.45, 2.75) is 0 Å². The molecule has 3 rings (SSSR count). The summed E-state index contributed by atoms with van der Waals surface area (Å²) in [6.45, 7) is 0. The van der Waals surface area contributed by atoms with Crippen molar-refractivity contribution >= 4 is 23.3 Å². The third kappa shape index (κ3) is 4.61. The number of hydrogen-bond acceptors (Lipinski definition) is 5. The largest absolute Gasteiger partial charge is 0.362 e. The third-order valence-electron chi connectivity index (χ3n) is 3.42. The Kier molecular flexibility index (Phi) is 5.47. The summed E-state index contributed by atoms with van der Waals surface area (Å²) in [6.07, 6.45) is 0.